The molecule has 4 rings (SSSR count). The van der Waals surface area contributed by atoms with Crippen molar-refractivity contribution in [3.8, 4) is 0 Å². The molecule has 1 N–H and O–H groups in total. The molecule has 1 aliphatic heterocycles. The summed E-state index contributed by atoms with van der Waals surface area (Å²) in [7, 11) is -1.90. The fourth-order valence-electron chi connectivity index (χ4n) is 3.82. The van der Waals surface area contributed by atoms with Crippen molar-refractivity contribution in [1.29, 1.82) is 0 Å². The van der Waals surface area contributed by atoms with E-state index >= 15 is 0 Å². The second-order valence-corrected chi connectivity index (χ2v) is 9.41. The van der Waals surface area contributed by atoms with Crippen LogP contribution in [0.25, 0.3) is 10.8 Å². The predicted molar refractivity (Wildman–Crippen MR) is 118 cm³/mol. The Balaban J connectivity index is 1.43. The molecule has 156 valence electrons. The number of carbonyl (C=O) groups excluding carboxylic acids is 1. The third-order valence-electron chi connectivity index (χ3n) is 5.51. The Morgan fingerprint density at radius 1 is 0.900 bits per heavy atom. The van der Waals surface area contributed by atoms with Crippen LogP contribution in [-0.4, -0.2) is 56.8 Å². The van der Waals surface area contributed by atoms with Gasteiger partial charge in [0.1, 0.15) is 0 Å². The van der Waals surface area contributed by atoms with E-state index in [9.17, 15) is 13.2 Å². The van der Waals surface area contributed by atoms with Crippen LogP contribution in [0.2, 0.25) is 0 Å². The molecule has 1 fully saturated rings. The maximum absolute atomic E-state index is 13.1. The molecular formula is C23H25N3O3S. The minimum absolute atomic E-state index is 0.108. The molecular weight excluding hydrogens is 398 g/mol. The number of piperazine rings is 1. The summed E-state index contributed by atoms with van der Waals surface area (Å²) in [6.45, 7) is 2.89. The lowest BCUT2D eigenvalue weighted by atomic mass is 10.1. The van der Waals surface area contributed by atoms with Crippen LogP contribution in [0.5, 0.6) is 0 Å². The molecule has 0 spiro atoms. The summed E-state index contributed by atoms with van der Waals surface area (Å²) in [6.07, 6.45) is 0. The van der Waals surface area contributed by atoms with E-state index in [1.165, 1.54) is 0 Å². The number of benzene rings is 3. The van der Waals surface area contributed by atoms with Gasteiger partial charge in [-0.15, -0.1) is 0 Å². The highest BCUT2D eigenvalue weighted by atomic mass is 32.2. The molecule has 1 aliphatic rings. The van der Waals surface area contributed by atoms with Gasteiger partial charge in [-0.05, 0) is 40.6 Å². The molecule has 0 atom stereocenters. The topological polar surface area (TPSA) is 69.7 Å². The number of sulfonamides is 1. The van der Waals surface area contributed by atoms with Gasteiger partial charge in [-0.25, -0.2) is 8.42 Å². The van der Waals surface area contributed by atoms with Gasteiger partial charge in [0.15, 0.2) is 0 Å². The molecule has 1 heterocycles. The van der Waals surface area contributed by atoms with E-state index in [1.807, 2.05) is 48.5 Å². The second-order valence-electron chi connectivity index (χ2n) is 7.47. The van der Waals surface area contributed by atoms with Crippen molar-refractivity contribution >= 4 is 26.7 Å². The number of nitrogens with one attached hydrogen (secondary N) is 1. The molecule has 0 aromatic heterocycles. The number of fused-ring (bicyclic) bond motifs is 1. The van der Waals surface area contributed by atoms with Gasteiger partial charge < -0.3 is 5.32 Å². The molecule has 0 unspecified atom stereocenters. The molecule has 1 saturated heterocycles. The lowest BCUT2D eigenvalue weighted by Crippen LogP contribution is -2.48. The SMILES string of the molecule is CNC(=O)c1cccc(CN2CCN(S(=O)(=O)c3ccc4ccccc4c3)CC2)c1. The first-order valence-corrected chi connectivity index (χ1v) is 11.4. The Kier molecular flexibility index (Phi) is 5.85. The first-order chi connectivity index (χ1) is 14.5. The minimum atomic E-state index is -3.52. The van der Waals surface area contributed by atoms with E-state index in [0.717, 1.165) is 16.3 Å². The molecule has 6 nitrogen and oxygen atoms in total. The summed E-state index contributed by atoms with van der Waals surface area (Å²) < 4.78 is 27.8. The molecule has 0 bridgehead atoms. The molecule has 3 aromatic rings. The Hall–Kier alpha value is -2.74. The lowest BCUT2D eigenvalue weighted by Gasteiger charge is -2.34. The van der Waals surface area contributed by atoms with Crippen LogP contribution >= 0.6 is 0 Å². The highest BCUT2D eigenvalue weighted by molar-refractivity contribution is 7.89. The third kappa shape index (κ3) is 4.23. The number of carbonyl (C=O) groups is 1. The van der Waals surface area contributed by atoms with Crippen molar-refractivity contribution in [3.63, 3.8) is 0 Å². The fraction of sp³-hybridized carbons (Fsp3) is 0.261. The maximum Gasteiger partial charge on any atom is 0.251 e. The van der Waals surface area contributed by atoms with Gasteiger partial charge in [0.25, 0.3) is 5.91 Å². The van der Waals surface area contributed by atoms with Gasteiger partial charge in [-0.2, -0.15) is 4.31 Å². The second kappa shape index (κ2) is 8.55. The van der Waals surface area contributed by atoms with Crippen molar-refractivity contribution in [2.45, 2.75) is 11.4 Å². The van der Waals surface area contributed by atoms with E-state index in [2.05, 4.69) is 10.2 Å². The number of nitrogens with zero attached hydrogens (tertiary/aromatic N) is 2. The van der Waals surface area contributed by atoms with Crippen molar-refractivity contribution < 1.29 is 13.2 Å². The molecule has 0 aliphatic carbocycles. The largest absolute Gasteiger partial charge is 0.355 e. The van der Waals surface area contributed by atoms with E-state index in [0.29, 0.717) is 43.2 Å². The molecule has 7 heteroatoms. The summed E-state index contributed by atoms with van der Waals surface area (Å²) in [6, 6.07) is 20.6. The van der Waals surface area contributed by atoms with Crippen molar-refractivity contribution in [2.75, 3.05) is 33.2 Å². The summed E-state index contributed by atoms with van der Waals surface area (Å²) in [5.74, 6) is -0.108. The van der Waals surface area contributed by atoms with E-state index in [4.69, 9.17) is 0 Å². The Morgan fingerprint density at radius 3 is 2.37 bits per heavy atom. The van der Waals surface area contributed by atoms with E-state index in [1.54, 1.807) is 29.6 Å². The summed E-state index contributed by atoms with van der Waals surface area (Å²) >= 11 is 0. The lowest BCUT2D eigenvalue weighted by molar-refractivity contribution is 0.0962. The van der Waals surface area contributed by atoms with Crippen LogP contribution in [-0.2, 0) is 16.6 Å². The molecule has 0 saturated carbocycles. The van der Waals surface area contributed by atoms with Crippen LogP contribution in [0.1, 0.15) is 15.9 Å². The number of amides is 1. The van der Waals surface area contributed by atoms with Gasteiger partial charge >= 0.3 is 0 Å². The summed E-state index contributed by atoms with van der Waals surface area (Å²) in [5.41, 5.74) is 1.68. The van der Waals surface area contributed by atoms with Crippen LogP contribution in [0.15, 0.2) is 71.6 Å². The first kappa shape index (κ1) is 20.5. The van der Waals surface area contributed by atoms with Gasteiger partial charge in [-0.3, -0.25) is 9.69 Å². The fourth-order valence-corrected chi connectivity index (χ4v) is 5.28. The summed E-state index contributed by atoms with van der Waals surface area (Å²) in [4.78, 5) is 14.4. The van der Waals surface area contributed by atoms with Gasteiger partial charge in [0, 0.05) is 45.3 Å². The highest BCUT2D eigenvalue weighted by Crippen LogP contribution is 2.23. The van der Waals surface area contributed by atoms with Crippen molar-refractivity contribution in [3.05, 3.63) is 77.9 Å². The maximum atomic E-state index is 13.1. The average molecular weight is 424 g/mol. The third-order valence-corrected chi connectivity index (χ3v) is 7.41. The monoisotopic (exact) mass is 423 g/mol. The number of hydrogen-bond donors (Lipinski definition) is 1. The number of rotatable bonds is 5. The summed E-state index contributed by atoms with van der Waals surface area (Å²) in [5, 5.41) is 4.59. The van der Waals surface area contributed by atoms with Crippen molar-refractivity contribution in [2.24, 2.45) is 0 Å². The van der Waals surface area contributed by atoms with Crippen LogP contribution in [0, 0.1) is 0 Å². The van der Waals surface area contributed by atoms with Gasteiger partial charge in [0.05, 0.1) is 4.90 Å². The minimum Gasteiger partial charge on any atom is -0.355 e. The number of hydrogen-bond acceptors (Lipinski definition) is 4. The Morgan fingerprint density at radius 2 is 1.63 bits per heavy atom. The molecule has 3 aromatic carbocycles. The molecule has 30 heavy (non-hydrogen) atoms. The standard InChI is InChI=1S/C23H25N3O3S/c1-24-23(27)21-8-4-5-18(15-21)17-25-11-13-26(14-12-25)30(28,29)22-10-9-19-6-2-3-7-20(19)16-22/h2-10,15-16H,11-14,17H2,1H3,(H,24,27). The van der Waals surface area contributed by atoms with Crippen LogP contribution < -0.4 is 5.32 Å². The van der Waals surface area contributed by atoms with Gasteiger partial charge in [-0.1, -0.05) is 42.5 Å². The highest BCUT2D eigenvalue weighted by Gasteiger charge is 2.28. The first-order valence-electron chi connectivity index (χ1n) is 10.00. The van der Waals surface area contributed by atoms with Crippen LogP contribution in [0.3, 0.4) is 0 Å². The molecule has 0 radical (unpaired) electrons. The predicted octanol–water partition coefficient (Wildman–Crippen LogP) is 2.71. The Bertz CT molecular complexity index is 1170. The zero-order chi connectivity index (χ0) is 21.1. The zero-order valence-electron chi connectivity index (χ0n) is 16.9. The zero-order valence-corrected chi connectivity index (χ0v) is 17.7. The Labute approximate surface area is 177 Å². The van der Waals surface area contributed by atoms with Crippen LogP contribution in [0.4, 0.5) is 0 Å². The van der Waals surface area contributed by atoms with E-state index in [-0.39, 0.29) is 5.91 Å². The van der Waals surface area contributed by atoms with Gasteiger partial charge in [0.2, 0.25) is 10.0 Å². The van der Waals surface area contributed by atoms with E-state index < -0.39 is 10.0 Å². The molecule has 1 amide bonds. The quantitative estimate of drug-likeness (QED) is 0.685. The van der Waals surface area contributed by atoms with Crippen molar-refractivity contribution in [1.82, 2.24) is 14.5 Å². The smallest absolute Gasteiger partial charge is 0.251 e. The normalized spacial score (nSPS) is 15.9. The average Bonchev–Trinajstić information content (AvgIpc) is 2.78.